The summed E-state index contributed by atoms with van der Waals surface area (Å²) in [4.78, 5) is 22.7. The number of aromatic nitrogens is 2. The summed E-state index contributed by atoms with van der Waals surface area (Å²) in [6.07, 6.45) is 4.13. The molecule has 4 aromatic rings. The third kappa shape index (κ3) is 3.72. The fourth-order valence-corrected chi connectivity index (χ4v) is 4.17. The van der Waals surface area contributed by atoms with Gasteiger partial charge in [0.1, 0.15) is 11.6 Å². The predicted molar refractivity (Wildman–Crippen MR) is 126 cm³/mol. The van der Waals surface area contributed by atoms with Gasteiger partial charge in [-0.15, -0.1) is 0 Å². The lowest BCUT2D eigenvalue weighted by atomic mass is 10.1. The first-order valence-corrected chi connectivity index (χ1v) is 10.5. The molecule has 0 aliphatic carbocycles. The molecule has 0 saturated carbocycles. The molecule has 5 rings (SSSR count). The molecule has 6 heteroatoms. The Balaban J connectivity index is 1.64. The number of hydrogen-bond acceptors (Lipinski definition) is 5. The molecule has 6 nitrogen and oxygen atoms in total. The van der Waals surface area contributed by atoms with Crippen molar-refractivity contribution in [1.82, 2.24) is 9.97 Å². The average Bonchev–Trinajstić information content (AvgIpc) is 3.34. The molecule has 0 spiro atoms. The van der Waals surface area contributed by atoms with E-state index in [0.29, 0.717) is 17.0 Å². The Morgan fingerprint density at radius 2 is 1.87 bits per heavy atom. The monoisotopic (exact) mass is 412 g/mol. The molecule has 2 aromatic carbocycles. The number of pyridine rings is 2. The highest BCUT2D eigenvalue weighted by Crippen LogP contribution is 2.32. The zero-order chi connectivity index (χ0) is 21.2. The third-order valence-corrected chi connectivity index (χ3v) is 5.73. The van der Waals surface area contributed by atoms with Gasteiger partial charge in [-0.2, -0.15) is 0 Å². The van der Waals surface area contributed by atoms with Crippen LogP contribution in [0.25, 0.3) is 22.0 Å². The van der Waals surface area contributed by atoms with Gasteiger partial charge >= 0.3 is 0 Å². The molecule has 31 heavy (non-hydrogen) atoms. The molecule has 0 unspecified atom stereocenters. The molecular weight excluding hydrogens is 388 g/mol. The molecule has 0 atom stereocenters. The van der Waals surface area contributed by atoms with Crippen LogP contribution in [0.2, 0.25) is 0 Å². The summed E-state index contributed by atoms with van der Waals surface area (Å²) in [5, 5.41) is 4.67. The molecule has 2 aromatic heterocycles. The first-order chi connectivity index (χ1) is 15.2. The van der Waals surface area contributed by atoms with Crippen molar-refractivity contribution in [3.63, 3.8) is 0 Å². The van der Waals surface area contributed by atoms with E-state index >= 15 is 0 Å². The normalized spacial score (nSPS) is 13.5. The highest BCUT2D eigenvalue weighted by Gasteiger charge is 2.15. The van der Waals surface area contributed by atoms with Crippen molar-refractivity contribution in [2.24, 2.45) is 0 Å². The molecular formula is C25H24N4O2. The van der Waals surface area contributed by atoms with E-state index < -0.39 is 0 Å². The quantitative estimate of drug-likeness (QED) is 0.486. The smallest absolute Gasteiger partial charge is 0.259 e. The minimum Gasteiger partial charge on any atom is -0.495 e. The second-order valence-electron chi connectivity index (χ2n) is 7.70. The number of para-hydroxylation sites is 2. The van der Waals surface area contributed by atoms with E-state index in [1.54, 1.807) is 13.3 Å². The number of hydrogen-bond donors (Lipinski definition) is 2. The number of aromatic amines is 1. The Kier molecular flexibility index (Phi) is 5.04. The summed E-state index contributed by atoms with van der Waals surface area (Å²) in [5.41, 5.74) is 3.62. The molecule has 0 bridgehead atoms. The van der Waals surface area contributed by atoms with Gasteiger partial charge in [-0.3, -0.25) is 4.79 Å². The van der Waals surface area contributed by atoms with Gasteiger partial charge in [0.05, 0.1) is 23.9 Å². The van der Waals surface area contributed by atoms with Crippen LogP contribution in [-0.2, 0) is 0 Å². The van der Waals surface area contributed by atoms with Crippen LogP contribution in [-0.4, -0.2) is 30.2 Å². The standard InChI is InChI=1S/C25H24N4O2/c1-31-22-10-3-2-9-20(22)27-24-23-18(11-12-26-25(23)30)16-21(28-24)17-7-6-8-19(15-17)29-13-4-5-14-29/h2-3,6-12,15-16H,4-5,13-14H2,1H3,(H,26,30)(H,27,28). The maximum absolute atomic E-state index is 12.6. The van der Waals surface area contributed by atoms with E-state index in [1.807, 2.05) is 36.4 Å². The van der Waals surface area contributed by atoms with Crippen LogP contribution in [0.4, 0.5) is 17.2 Å². The van der Waals surface area contributed by atoms with Gasteiger partial charge in [0.2, 0.25) is 0 Å². The Bertz CT molecular complexity index is 1290. The van der Waals surface area contributed by atoms with E-state index in [9.17, 15) is 4.79 Å². The summed E-state index contributed by atoms with van der Waals surface area (Å²) in [5.74, 6) is 1.19. The van der Waals surface area contributed by atoms with Crippen molar-refractivity contribution >= 4 is 28.0 Å². The number of nitrogens with one attached hydrogen (secondary N) is 2. The molecule has 0 amide bonds. The van der Waals surface area contributed by atoms with Crippen molar-refractivity contribution in [1.29, 1.82) is 0 Å². The van der Waals surface area contributed by atoms with E-state index in [2.05, 4.69) is 39.5 Å². The number of methoxy groups -OCH3 is 1. The van der Waals surface area contributed by atoms with Gasteiger partial charge in [0.25, 0.3) is 5.56 Å². The molecule has 1 aliphatic heterocycles. The van der Waals surface area contributed by atoms with E-state index in [0.717, 1.165) is 35.4 Å². The Morgan fingerprint density at radius 3 is 2.71 bits per heavy atom. The van der Waals surface area contributed by atoms with Crippen molar-refractivity contribution in [2.45, 2.75) is 12.8 Å². The Morgan fingerprint density at radius 1 is 1.03 bits per heavy atom. The zero-order valence-corrected chi connectivity index (χ0v) is 17.4. The molecule has 156 valence electrons. The summed E-state index contributed by atoms with van der Waals surface area (Å²) < 4.78 is 5.47. The summed E-state index contributed by atoms with van der Waals surface area (Å²) in [7, 11) is 1.62. The first-order valence-electron chi connectivity index (χ1n) is 10.5. The van der Waals surface area contributed by atoms with Gasteiger partial charge in [-0.1, -0.05) is 24.3 Å². The zero-order valence-electron chi connectivity index (χ0n) is 17.4. The van der Waals surface area contributed by atoms with E-state index in [-0.39, 0.29) is 5.56 Å². The van der Waals surface area contributed by atoms with Gasteiger partial charge in [-0.25, -0.2) is 4.98 Å². The van der Waals surface area contributed by atoms with Crippen LogP contribution in [0, 0.1) is 0 Å². The van der Waals surface area contributed by atoms with Gasteiger partial charge in [-0.05, 0) is 54.6 Å². The fourth-order valence-electron chi connectivity index (χ4n) is 4.17. The number of ether oxygens (including phenoxy) is 1. The SMILES string of the molecule is COc1ccccc1Nc1nc(-c2cccc(N3CCCC3)c2)cc2cc[nH]c(=O)c12. The van der Waals surface area contributed by atoms with E-state index in [4.69, 9.17) is 9.72 Å². The molecule has 0 radical (unpaired) electrons. The topological polar surface area (TPSA) is 70.2 Å². The van der Waals surface area contributed by atoms with E-state index in [1.165, 1.54) is 18.5 Å². The number of rotatable bonds is 5. The third-order valence-electron chi connectivity index (χ3n) is 5.73. The number of fused-ring (bicyclic) bond motifs is 1. The summed E-state index contributed by atoms with van der Waals surface area (Å²) in [6.45, 7) is 2.18. The minimum atomic E-state index is -0.181. The molecule has 3 heterocycles. The van der Waals surface area contributed by atoms with Crippen LogP contribution >= 0.6 is 0 Å². The number of nitrogens with zero attached hydrogens (tertiary/aromatic N) is 2. The maximum Gasteiger partial charge on any atom is 0.259 e. The predicted octanol–water partition coefficient (Wildman–Crippen LogP) is 4.94. The van der Waals surface area contributed by atoms with Crippen LogP contribution in [0.15, 0.2) is 71.7 Å². The number of H-pyrrole nitrogens is 1. The van der Waals surface area contributed by atoms with Crippen molar-refractivity contribution in [3.8, 4) is 17.0 Å². The number of anilines is 3. The molecule has 1 aliphatic rings. The highest BCUT2D eigenvalue weighted by atomic mass is 16.5. The lowest BCUT2D eigenvalue weighted by Gasteiger charge is -2.18. The highest BCUT2D eigenvalue weighted by molar-refractivity contribution is 5.95. The maximum atomic E-state index is 12.6. The van der Waals surface area contributed by atoms with Gasteiger partial charge in [0.15, 0.2) is 0 Å². The van der Waals surface area contributed by atoms with Crippen molar-refractivity contribution < 1.29 is 4.74 Å². The fraction of sp³-hybridized carbons (Fsp3) is 0.200. The van der Waals surface area contributed by atoms with Crippen LogP contribution in [0.5, 0.6) is 5.75 Å². The van der Waals surface area contributed by atoms with Gasteiger partial charge < -0.3 is 19.9 Å². The minimum absolute atomic E-state index is 0.181. The second kappa shape index (κ2) is 8.14. The molecule has 1 saturated heterocycles. The lowest BCUT2D eigenvalue weighted by Crippen LogP contribution is -2.17. The van der Waals surface area contributed by atoms with Gasteiger partial charge in [0, 0.05) is 30.5 Å². The lowest BCUT2D eigenvalue weighted by molar-refractivity contribution is 0.417. The summed E-state index contributed by atoms with van der Waals surface area (Å²) >= 11 is 0. The number of benzene rings is 2. The summed E-state index contributed by atoms with van der Waals surface area (Å²) in [6, 6.07) is 19.9. The first kappa shape index (κ1) is 19.2. The van der Waals surface area contributed by atoms with Crippen LogP contribution < -0.4 is 20.5 Å². The van der Waals surface area contributed by atoms with Crippen molar-refractivity contribution in [3.05, 3.63) is 77.2 Å². The molecule has 2 N–H and O–H groups in total. The van der Waals surface area contributed by atoms with Crippen molar-refractivity contribution in [2.75, 3.05) is 30.4 Å². The largest absolute Gasteiger partial charge is 0.495 e. The van der Waals surface area contributed by atoms with Crippen LogP contribution in [0.3, 0.4) is 0 Å². The average molecular weight is 412 g/mol. The Hall–Kier alpha value is -3.80. The second-order valence-corrected chi connectivity index (χ2v) is 7.70. The molecule has 1 fully saturated rings. The Labute approximate surface area is 180 Å². The van der Waals surface area contributed by atoms with Crippen LogP contribution in [0.1, 0.15) is 12.8 Å².